The molecule has 1 aliphatic rings. The molecule has 0 aliphatic carbocycles. The van der Waals surface area contributed by atoms with Crippen LogP contribution in [0.5, 0.6) is 0 Å². The molecule has 1 atom stereocenters. The van der Waals surface area contributed by atoms with Crippen LogP contribution in [0.1, 0.15) is 31.0 Å². The summed E-state index contributed by atoms with van der Waals surface area (Å²) in [4.78, 5) is 17.5. The molecule has 0 fully saturated rings. The number of benzene rings is 3. The molecule has 0 bridgehead atoms. The maximum absolute atomic E-state index is 12.6. The van der Waals surface area contributed by atoms with Crippen molar-refractivity contribution in [2.45, 2.75) is 25.6 Å². The van der Waals surface area contributed by atoms with Crippen molar-refractivity contribution in [1.82, 2.24) is 5.32 Å². The highest BCUT2D eigenvalue weighted by Gasteiger charge is 2.30. The molecule has 0 saturated carbocycles. The molecule has 0 saturated heterocycles. The molecule has 0 aromatic heterocycles. The molecule has 1 aliphatic heterocycles. The number of thioether (sulfide) groups is 1. The summed E-state index contributed by atoms with van der Waals surface area (Å²) >= 11 is 1.65. The van der Waals surface area contributed by atoms with Gasteiger partial charge in [-0.3, -0.25) is 0 Å². The molecule has 0 radical (unpaired) electrons. The van der Waals surface area contributed by atoms with Crippen LogP contribution >= 0.6 is 11.8 Å². The summed E-state index contributed by atoms with van der Waals surface area (Å²) in [6.07, 6.45) is 0. The Hall–Kier alpha value is -3.05. The third-order valence-electron chi connectivity index (χ3n) is 5.07. The number of carbonyl (C=O) groups is 1. The second-order valence-corrected chi connectivity index (χ2v) is 8.02. The van der Waals surface area contributed by atoms with Crippen molar-refractivity contribution in [3.05, 3.63) is 95.2 Å². The first-order valence-corrected chi connectivity index (χ1v) is 11.0. The number of nitrogens with one attached hydrogen (secondary N) is 1. The molecular formula is C25H24N2O2S. The summed E-state index contributed by atoms with van der Waals surface area (Å²) in [7, 11) is 0. The Kier molecular flexibility index (Phi) is 6.19. The number of nitrogens with zero attached hydrogens (tertiary/aromatic N) is 1. The van der Waals surface area contributed by atoms with Gasteiger partial charge in [-0.25, -0.2) is 9.79 Å². The average molecular weight is 417 g/mol. The minimum Gasteiger partial charge on any atom is -0.463 e. The fourth-order valence-electron chi connectivity index (χ4n) is 3.63. The maximum atomic E-state index is 12.6. The van der Waals surface area contributed by atoms with Crippen molar-refractivity contribution in [2.75, 3.05) is 6.61 Å². The van der Waals surface area contributed by atoms with Crippen LogP contribution in [0.15, 0.2) is 89.1 Å². The van der Waals surface area contributed by atoms with Gasteiger partial charge in [0.2, 0.25) is 0 Å². The zero-order valence-electron chi connectivity index (χ0n) is 17.1. The number of carbonyl (C=O) groups excluding carboxylic acids is 1. The number of allylic oxidation sites excluding steroid dienone is 1. The Morgan fingerprint density at radius 2 is 1.77 bits per heavy atom. The lowest BCUT2D eigenvalue weighted by Crippen LogP contribution is -2.30. The Labute approximate surface area is 181 Å². The van der Waals surface area contributed by atoms with Crippen LogP contribution in [-0.2, 0) is 15.3 Å². The molecular weight excluding hydrogens is 392 g/mol. The molecule has 3 aromatic carbocycles. The van der Waals surface area contributed by atoms with Crippen molar-refractivity contribution in [3.8, 4) is 0 Å². The van der Waals surface area contributed by atoms with E-state index in [1.165, 1.54) is 16.3 Å². The Bertz CT molecular complexity index is 1120. The van der Waals surface area contributed by atoms with Gasteiger partial charge in [-0.2, -0.15) is 0 Å². The van der Waals surface area contributed by atoms with E-state index in [1.807, 2.05) is 44.2 Å². The van der Waals surface area contributed by atoms with Gasteiger partial charge in [-0.1, -0.05) is 84.6 Å². The minimum atomic E-state index is -0.374. The second kappa shape index (κ2) is 9.18. The van der Waals surface area contributed by atoms with Crippen LogP contribution in [0.4, 0.5) is 0 Å². The molecule has 30 heavy (non-hydrogen) atoms. The molecule has 4 rings (SSSR count). The van der Waals surface area contributed by atoms with Crippen molar-refractivity contribution in [1.29, 1.82) is 0 Å². The molecule has 5 heteroatoms. The molecule has 1 heterocycles. The highest BCUT2D eigenvalue weighted by molar-refractivity contribution is 8.13. The summed E-state index contributed by atoms with van der Waals surface area (Å²) in [5.74, 6) is 0.467. The van der Waals surface area contributed by atoms with Gasteiger partial charge in [-0.15, -0.1) is 0 Å². The van der Waals surface area contributed by atoms with Gasteiger partial charge in [0.05, 0.1) is 12.2 Å². The van der Waals surface area contributed by atoms with E-state index < -0.39 is 0 Å². The van der Waals surface area contributed by atoms with E-state index in [2.05, 4.69) is 47.8 Å². The molecule has 3 aromatic rings. The highest BCUT2D eigenvalue weighted by atomic mass is 32.2. The summed E-state index contributed by atoms with van der Waals surface area (Å²) in [6.45, 7) is 4.06. The largest absolute Gasteiger partial charge is 0.463 e. The fraction of sp³-hybridized carbons (Fsp3) is 0.200. The van der Waals surface area contributed by atoms with Gasteiger partial charge in [0.25, 0.3) is 0 Å². The lowest BCUT2D eigenvalue weighted by molar-refractivity contribution is -0.138. The molecule has 0 amide bonds. The van der Waals surface area contributed by atoms with Crippen LogP contribution < -0.4 is 5.32 Å². The Morgan fingerprint density at radius 1 is 1.03 bits per heavy atom. The smallest absolute Gasteiger partial charge is 0.338 e. The molecule has 4 nitrogen and oxygen atoms in total. The lowest BCUT2D eigenvalue weighted by atomic mass is 9.97. The SMILES string of the molecule is CCOC(=O)C1=C(C)NC(SCc2cccc3ccccc23)=N[C@@H]1c1ccccc1. The van der Waals surface area contributed by atoms with E-state index >= 15 is 0 Å². The predicted molar refractivity (Wildman–Crippen MR) is 124 cm³/mol. The normalized spacial score (nSPS) is 16.2. The van der Waals surface area contributed by atoms with Gasteiger partial charge in [0, 0.05) is 11.4 Å². The summed E-state index contributed by atoms with van der Waals surface area (Å²) in [5, 5.41) is 6.61. The van der Waals surface area contributed by atoms with Gasteiger partial charge in [0.15, 0.2) is 5.17 Å². The maximum Gasteiger partial charge on any atom is 0.338 e. The van der Waals surface area contributed by atoms with E-state index in [0.717, 1.165) is 22.2 Å². The number of esters is 1. The molecule has 0 spiro atoms. The van der Waals surface area contributed by atoms with E-state index in [4.69, 9.17) is 9.73 Å². The number of hydrogen-bond acceptors (Lipinski definition) is 5. The van der Waals surface area contributed by atoms with E-state index in [9.17, 15) is 4.79 Å². The molecule has 1 N–H and O–H groups in total. The van der Waals surface area contributed by atoms with E-state index in [1.54, 1.807) is 11.8 Å². The van der Waals surface area contributed by atoms with E-state index in [-0.39, 0.29) is 12.0 Å². The summed E-state index contributed by atoms with van der Waals surface area (Å²) < 4.78 is 5.30. The minimum absolute atomic E-state index is 0.321. The number of rotatable bonds is 5. The number of fused-ring (bicyclic) bond motifs is 1. The van der Waals surface area contributed by atoms with Gasteiger partial charge >= 0.3 is 5.97 Å². The Balaban J connectivity index is 1.62. The van der Waals surface area contributed by atoms with Gasteiger partial charge in [-0.05, 0) is 35.7 Å². The van der Waals surface area contributed by atoms with Gasteiger partial charge < -0.3 is 10.1 Å². The zero-order chi connectivity index (χ0) is 20.9. The average Bonchev–Trinajstić information content (AvgIpc) is 2.78. The first kappa shape index (κ1) is 20.2. The Morgan fingerprint density at radius 3 is 2.57 bits per heavy atom. The van der Waals surface area contributed by atoms with Gasteiger partial charge in [0.1, 0.15) is 6.04 Å². The van der Waals surface area contributed by atoms with Crippen molar-refractivity contribution in [2.24, 2.45) is 4.99 Å². The zero-order valence-corrected chi connectivity index (χ0v) is 17.9. The quantitative estimate of drug-likeness (QED) is 0.549. The van der Waals surface area contributed by atoms with Crippen LogP contribution in [0.25, 0.3) is 10.8 Å². The monoisotopic (exact) mass is 416 g/mol. The summed E-state index contributed by atoms with van der Waals surface area (Å²) in [5.41, 5.74) is 3.59. The van der Waals surface area contributed by atoms with Crippen LogP contribution in [0.3, 0.4) is 0 Å². The van der Waals surface area contributed by atoms with E-state index in [0.29, 0.717) is 12.2 Å². The van der Waals surface area contributed by atoms with Crippen LogP contribution in [0, 0.1) is 0 Å². The highest BCUT2D eigenvalue weighted by Crippen LogP contribution is 2.33. The standard InChI is InChI=1S/C25H24N2O2S/c1-3-29-24(28)22-17(2)26-25(27-23(22)19-11-5-4-6-12-19)30-16-20-14-9-13-18-10-7-8-15-21(18)20/h4-15,23H,3,16H2,1-2H3,(H,26,27)/t23-/m1/s1. The first-order chi connectivity index (χ1) is 14.7. The lowest BCUT2D eigenvalue weighted by Gasteiger charge is -2.26. The predicted octanol–water partition coefficient (Wildman–Crippen LogP) is 5.61. The fourth-order valence-corrected chi connectivity index (χ4v) is 4.58. The number of amidine groups is 1. The molecule has 152 valence electrons. The van der Waals surface area contributed by atoms with Crippen molar-refractivity contribution >= 4 is 33.7 Å². The van der Waals surface area contributed by atoms with Crippen LogP contribution in [0.2, 0.25) is 0 Å². The second-order valence-electron chi connectivity index (χ2n) is 7.06. The number of aliphatic imine (C=N–C) groups is 1. The topological polar surface area (TPSA) is 50.7 Å². The van der Waals surface area contributed by atoms with Crippen molar-refractivity contribution in [3.63, 3.8) is 0 Å². The van der Waals surface area contributed by atoms with Crippen LogP contribution in [-0.4, -0.2) is 17.7 Å². The number of hydrogen-bond donors (Lipinski definition) is 1. The molecule has 0 unspecified atom stereocenters. The third kappa shape index (κ3) is 4.26. The third-order valence-corrected chi connectivity index (χ3v) is 6.01. The number of ether oxygens (including phenoxy) is 1. The summed E-state index contributed by atoms with van der Waals surface area (Å²) in [6, 6.07) is 24.3. The van der Waals surface area contributed by atoms with Crippen molar-refractivity contribution < 1.29 is 9.53 Å². The first-order valence-electron chi connectivity index (χ1n) is 10.0.